The number of rotatable bonds is 3. The summed E-state index contributed by atoms with van der Waals surface area (Å²) in [5, 5.41) is 4.66. The first-order chi connectivity index (χ1) is 10.6. The van der Waals surface area contributed by atoms with Gasteiger partial charge < -0.3 is 10.2 Å². The summed E-state index contributed by atoms with van der Waals surface area (Å²) in [6, 6.07) is 7.61. The van der Waals surface area contributed by atoms with Crippen LogP contribution in [-0.2, 0) is 4.79 Å². The standard InChI is InChI=1S/C16H17BrClN3O/c17-12-8-11-4-5-14(20-16(11)13(18)9-12)19-10-15(22)21-6-2-1-3-7-21/h4-5,8-9H,1-3,6-7,10H2,(H,19,20). The summed E-state index contributed by atoms with van der Waals surface area (Å²) >= 11 is 9.64. The van der Waals surface area contributed by atoms with Gasteiger partial charge in [-0.25, -0.2) is 4.98 Å². The molecule has 0 unspecified atom stereocenters. The highest BCUT2D eigenvalue weighted by Crippen LogP contribution is 2.27. The Labute approximate surface area is 143 Å². The van der Waals surface area contributed by atoms with Gasteiger partial charge in [-0.1, -0.05) is 27.5 Å². The van der Waals surface area contributed by atoms with Gasteiger partial charge in [-0.15, -0.1) is 0 Å². The Bertz CT molecular complexity index is 701. The molecule has 1 amide bonds. The van der Waals surface area contributed by atoms with Crippen molar-refractivity contribution >= 4 is 50.2 Å². The van der Waals surface area contributed by atoms with E-state index in [0.717, 1.165) is 41.3 Å². The fraction of sp³-hybridized carbons (Fsp3) is 0.375. The summed E-state index contributed by atoms with van der Waals surface area (Å²) < 4.78 is 0.924. The quantitative estimate of drug-likeness (QED) is 0.870. The normalized spacial score (nSPS) is 15.1. The maximum Gasteiger partial charge on any atom is 0.241 e. The zero-order chi connectivity index (χ0) is 15.5. The number of fused-ring (bicyclic) bond motifs is 1. The first kappa shape index (κ1) is 15.6. The van der Waals surface area contributed by atoms with E-state index in [4.69, 9.17) is 11.6 Å². The lowest BCUT2D eigenvalue weighted by atomic mass is 10.1. The van der Waals surface area contributed by atoms with Crippen LogP contribution in [0.1, 0.15) is 19.3 Å². The lowest BCUT2D eigenvalue weighted by molar-refractivity contribution is -0.130. The van der Waals surface area contributed by atoms with Crippen LogP contribution in [-0.4, -0.2) is 35.4 Å². The van der Waals surface area contributed by atoms with Gasteiger partial charge in [0, 0.05) is 22.9 Å². The number of anilines is 1. The molecule has 1 aliphatic heterocycles. The number of carbonyl (C=O) groups is 1. The van der Waals surface area contributed by atoms with Gasteiger partial charge in [0.15, 0.2) is 0 Å². The Kier molecular flexibility index (Phi) is 4.84. The van der Waals surface area contributed by atoms with Gasteiger partial charge in [0.05, 0.1) is 17.1 Å². The van der Waals surface area contributed by atoms with E-state index < -0.39 is 0 Å². The van der Waals surface area contributed by atoms with E-state index in [1.807, 2.05) is 29.2 Å². The first-order valence-electron chi connectivity index (χ1n) is 7.41. The van der Waals surface area contributed by atoms with E-state index >= 15 is 0 Å². The Morgan fingerprint density at radius 2 is 2.05 bits per heavy atom. The highest BCUT2D eigenvalue weighted by molar-refractivity contribution is 9.10. The Morgan fingerprint density at radius 1 is 1.27 bits per heavy atom. The Morgan fingerprint density at radius 3 is 2.82 bits per heavy atom. The molecular weight excluding hydrogens is 366 g/mol. The molecule has 4 nitrogen and oxygen atoms in total. The minimum Gasteiger partial charge on any atom is -0.361 e. The molecular formula is C16H17BrClN3O. The van der Waals surface area contributed by atoms with Crippen LogP contribution in [0, 0.1) is 0 Å². The van der Waals surface area contributed by atoms with Crippen molar-refractivity contribution in [1.82, 2.24) is 9.88 Å². The number of likely N-dealkylation sites (tertiary alicyclic amines) is 1. The third-order valence-electron chi connectivity index (χ3n) is 3.84. The lowest BCUT2D eigenvalue weighted by Gasteiger charge is -2.26. The van der Waals surface area contributed by atoms with E-state index in [9.17, 15) is 4.79 Å². The molecule has 0 spiro atoms. The van der Waals surface area contributed by atoms with Crippen molar-refractivity contribution in [2.45, 2.75) is 19.3 Å². The maximum absolute atomic E-state index is 12.1. The lowest BCUT2D eigenvalue weighted by Crippen LogP contribution is -2.39. The number of hydrogen-bond acceptors (Lipinski definition) is 3. The molecule has 22 heavy (non-hydrogen) atoms. The molecule has 2 aromatic rings. The second-order valence-corrected chi connectivity index (χ2v) is 6.77. The fourth-order valence-corrected chi connectivity index (χ4v) is 3.55. The van der Waals surface area contributed by atoms with Crippen LogP contribution in [0.15, 0.2) is 28.7 Å². The van der Waals surface area contributed by atoms with Crippen LogP contribution in [0.5, 0.6) is 0 Å². The molecule has 1 fully saturated rings. The number of nitrogens with one attached hydrogen (secondary N) is 1. The van der Waals surface area contributed by atoms with Crippen LogP contribution in [0.4, 0.5) is 5.82 Å². The van der Waals surface area contributed by atoms with Gasteiger partial charge in [0.25, 0.3) is 0 Å². The van der Waals surface area contributed by atoms with E-state index in [1.165, 1.54) is 6.42 Å². The van der Waals surface area contributed by atoms with E-state index in [2.05, 4.69) is 26.2 Å². The molecule has 3 rings (SSSR count). The number of pyridine rings is 1. The van der Waals surface area contributed by atoms with Gasteiger partial charge in [0.1, 0.15) is 5.82 Å². The number of hydrogen-bond donors (Lipinski definition) is 1. The van der Waals surface area contributed by atoms with E-state index in [0.29, 0.717) is 10.8 Å². The molecule has 0 saturated carbocycles. The van der Waals surface area contributed by atoms with Crippen molar-refractivity contribution in [3.63, 3.8) is 0 Å². The zero-order valence-electron chi connectivity index (χ0n) is 12.1. The van der Waals surface area contributed by atoms with Crippen molar-refractivity contribution < 1.29 is 4.79 Å². The SMILES string of the molecule is O=C(CNc1ccc2cc(Br)cc(Cl)c2n1)N1CCCCC1. The predicted octanol–water partition coefficient (Wildman–Crippen LogP) is 4.08. The van der Waals surface area contributed by atoms with Crippen LogP contribution in [0.2, 0.25) is 5.02 Å². The summed E-state index contributed by atoms with van der Waals surface area (Å²) in [6.07, 6.45) is 3.42. The van der Waals surface area contributed by atoms with Gasteiger partial charge >= 0.3 is 0 Å². The van der Waals surface area contributed by atoms with Gasteiger partial charge in [-0.05, 0) is 43.5 Å². The van der Waals surface area contributed by atoms with Crippen molar-refractivity contribution in [1.29, 1.82) is 0 Å². The summed E-state index contributed by atoms with van der Waals surface area (Å²) in [5.41, 5.74) is 0.736. The summed E-state index contributed by atoms with van der Waals surface area (Å²) in [5.74, 6) is 0.797. The second-order valence-electron chi connectivity index (χ2n) is 5.45. The van der Waals surface area contributed by atoms with Gasteiger partial charge in [0.2, 0.25) is 5.91 Å². The number of aromatic nitrogens is 1. The highest BCUT2D eigenvalue weighted by Gasteiger charge is 2.16. The van der Waals surface area contributed by atoms with Crippen molar-refractivity contribution in [3.8, 4) is 0 Å². The average molecular weight is 383 g/mol. The minimum atomic E-state index is 0.128. The molecule has 0 bridgehead atoms. The van der Waals surface area contributed by atoms with Gasteiger partial charge in [-0.3, -0.25) is 4.79 Å². The number of halogens is 2. The Balaban J connectivity index is 1.70. The molecule has 2 heterocycles. The molecule has 1 aromatic heterocycles. The topological polar surface area (TPSA) is 45.2 Å². The summed E-state index contributed by atoms with van der Waals surface area (Å²) in [4.78, 5) is 18.6. The molecule has 1 saturated heterocycles. The zero-order valence-corrected chi connectivity index (χ0v) is 14.5. The number of nitrogens with zero attached hydrogens (tertiary/aromatic N) is 2. The number of carbonyl (C=O) groups excluding carboxylic acids is 1. The highest BCUT2D eigenvalue weighted by atomic mass is 79.9. The smallest absolute Gasteiger partial charge is 0.241 e. The van der Waals surface area contributed by atoms with Crippen LogP contribution >= 0.6 is 27.5 Å². The van der Waals surface area contributed by atoms with E-state index in [-0.39, 0.29) is 12.5 Å². The van der Waals surface area contributed by atoms with Crippen molar-refractivity contribution in [2.75, 3.05) is 25.0 Å². The molecule has 0 atom stereocenters. The molecule has 1 aromatic carbocycles. The fourth-order valence-electron chi connectivity index (χ4n) is 2.68. The van der Waals surface area contributed by atoms with Crippen LogP contribution in [0.25, 0.3) is 10.9 Å². The molecule has 1 aliphatic rings. The maximum atomic E-state index is 12.1. The summed E-state index contributed by atoms with van der Waals surface area (Å²) in [6.45, 7) is 2.00. The largest absolute Gasteiger partial charge is 0.361 e. The minimum absolute atomic E-state index is 0.128. The van der Waals surface area contributed by atoms with Crippen molar-refractivity contribution in [2.24, 2.45) is 0 Å². The first-order valence-corrected chi connectivity index (χ1v) is 8.58. The monoisotopic (exact) mass is 381 g/mol. The van der Waals surface area contributed by atoms with Gasteiger partial charge in [-0.2, -0.15) is 0 Å². The summed E-state index contributed by atoms with van der Waals surface area (Å²) in [7, 11) is 0. The molecule has 6 heteroatoms. The number of benzene rings is 1. The average Bonchev–Trinajstić information content (AvgIpc) is 2.53. The van der Waals surface area contributed by atoms with Crippen molar-refractivity contribution in [3.05, 3.63) is 33.8 Å². The molecule has 0 aliphatic carbocycles. The second kappa shape index (κ2) is 6.84. The molecule has 1 N–H and O–H groups in total. The Hall–Kier alpha value is -1.33. The predicted molar refractivity (Wildman–Crippen MR) is 93.4 cm³/mol. The van der Waals surface area contributed by atoms with Crippen LogP contribution < -0.4 is 5.32 Å². The van der Waals surface area contributed by atoms with Crippen LogP contribution in [0.3, 0.4) is 0 Å². The third-order valence-corrected chi connectivity index (χ3v) is 4.59. The molecule has 116 valence electrons. The van der Waals surface area contributed by atoms with E-state index in [1.54, 1.807) is 0 Å². The number of amides is 1. The molecule has 0 radical (unpaired) electrons. The number of piperidine rings is 1. The third kappa shape index (κ3) is 3.52.